The Morgan fingerprint density at radius 1 is 0.178 bits per heavy atom. The van der Waals surface area contributed by atoms with Crippen LogP contribution in [-0.2, 0) is 38.1 Å². The summed E-state index contributed by atoms with van der Waals surface area (Å²) in [7, 11) is 0. The second-order valence-corrected chi connectivity index (χ2v) is 24.9. The predicted octanol–water partition coefficient (Wildman–Crippen LogP) is 19.1. The minimum Gasteiger partial charge on any atom is -0.486 e. The number of carbonyl (C=O) groups excluding carboxylic acids is 4. The highest BCUT2D eigenvalue weighted by Gasteiger charge is 2.85. The van der Waals surface area contributed by atoms with Crippen LogP contribution < -0.4 is 37.9 Å². The molecule has 0 bridgehead atoms. The van der Waals surface area contributed by atoms with Gasteiger partial charge in [0.25, 0.3) is 0 Å². The molecular formula is C65H36F48O16. The Balaban J connectivity index is 2.14. The zero-order chi connectivity index (χ0) is 100. The standard InChI is InChI=1S/C65H36F48O16/c1-5-21(114)118-13-50(82,83)58(98,99)62(106,107)54(90,91)17-126-45-33(74)25(66)41(26(67)34(45)75)122-9-49(10-123-42-27(68)35(76)46(36(77)28(42)69)127-18-55(92,93)63(108,109)59(100,101)51(84,85)14-119-22(115)6-2,11-124-43-29(70)37(78)47(38(79)30(43)71)128-19-56(94,95)64(110,111)60(102,103)52(86,87)15-120-23(116)7-3)12-125-44-31(72)39(80)48(40(81)32(44)73)129-20-57(96,97)65(112,113)61(104,105)53(88,89)16-121-24(117)8-4/h5-8H,1-4,9-20H2. The molecule has 0 aromatic heterocycles. The summed E-state index contributed by atoms with van der Waals surface area (Å²) in [5.74, 6) is -213. The van der Waals surface area contributed by atoms with Crippen molar-refractivity contribution < 1.29 is 287 Å². The van der Waals surface area contributed by atoms with Crippen LogP contribution in [0.2, 0.25) is 0 Å². The van der Waals surface area contributed by atoms with Gasteiger partial charge in [0.15, 0.2) is 98.9 Å². The van der Waals surface area contributed by atoms with E-state index >= 15 is 70.2 Å². The van der Waals surface area contributed by atoms with Crippen LogP contribution in [0.5, 0.6) is 46.0 Å². The first-order valence-corrected chi connectivity index (χ1v) is 31.8. The van der Waals surface area contributed by atoms with Crippen molar-refractivity contribution in [2.45, 2.75) is 94.8 Å². The summed E-state index contributed by atoms with van der Waals surface area (Å²) in [6, 6.07) is 0. The van der Waals surface area contributed by atoms with Gasteiger partial charge in [0.2, 0.25) is 93.1 Å². The van der Waals surface area contributed by atoms with Gasteiger partial charge in [-0.3, -0.25) is 0 Å². The van der Waals surface area contributed by atoms with Crippen molar-refractivity contribution in [2.24, 2.45) is 5.41 Å². The molecule has 0 N–H and O–H groups in total. The zero-order valence-electron chi connectivity index (χ0n) is 60.8. The third-order valence-corrected chi connectivity index (χ3v) is 15.9. The first kappa shape index (κ1) is 110. The van der Waals surface area contributed by atoms with Crippen molar-refractivity contribution in [3.8, 4) is 46.0 Å². The number of carbonyl (C=O) groups is 4. The summed E-state index contributed by atoms with van der Waals surface area (Å²) in [6.45, 7) is -32.0. The van der Waals surface area contributed by atoms with Crippen LogP contribution in [0.4, 0.5) is 211 Å². The Labute approximate surface area is 679 Å². The fourth-order valence-corrected chi connectivity index (χ4v) is 8.63. The molecule has 0 saturated carbocycles. The lowest BCUT2D eigenvalue weighted by atomic mass is 9.91. The van der Waals surface area contributed by atoms with E-state index in [1.165, 1.54) is 0 Å². The van der Waals surface area contributed by atoms with Gasteiger partial charge in [-0.25, -0.2) is 19.2 Å². The van der Waals surface area contributed by atoms with E-state index in [1.807, 2.05) is 0 Å². The maximum Gasteiger partial charge on any atom is 0.381 e. The molecule has 4 aromatic rings. The molecule has 0 spiro atoms. The quantitative estimate of drug-likeness (QED) is 0.0134. The lowest BCUT2D eigenvalue weighted by Crippen LogP contribution is -2.64. The molecule has 0 aliphatic rings. The van der Waals surface area contributed by atoms with Gasteiger partial charge in [-0.2, -0.15) is 211 Å². The van der Waals surface area contributed by atoms with Crippen LogP contribution in [0, 0.1) is 98.5 Å². The molecule has 0 aliphatic heterocycles. The molecule has 129 heavy (non-hydrogen) atoms. The van der Waals surface area contributed by atoms with Gasteiger partial charge in [-0.05, 0) is 0 Å². The minimum absolute atomic E-state index is 0.151. The molecule has 64 heteroatoms. The van der Waals surface area contributed by atoms with Crippen molar-refractivity contribution in [3.05, 3.63) is 144 Å². The van der Waals surface area contributed by atoms with E-state index in [1.54, 1.807) is 0 Å². The van der Waals surface area contributed by atoms with Crippen LogP contribution in [0.1, 0.15) is 0 Å². The van der Waals surface area contributed by atoms with Gasteiger partial charge in [0.05, 0.1) is 0 Å². The molecule has 4 rings (SSSR count). The Morgan fingerprint density at radius 2 is 0.271 bits per heavy atom. The summed E-state index contributed by atoms with van der Waals surface area (Å²) in [6.07, 6.45) is -0.604. The minimum atomic E-state index is -7.76. The monoisotopic (exact) mass is 1980 g/mol. The third-order valence-electron chi connectivity index (χ3n) is 15.9. The topological polar surface area (TPSA) is 179 Å². The van der Waals surface area contributed by atoms with Crippen LogP contribution >= 0.6 is 0 Å². The molecule has 0 unspecified atom stereocenters. The van der Waals surface area contributed by atoms with E-state index in [9.17, 15) is 160 Å². The smallest absolute Gasteiger partial charge is 0.381 e. The number of hydrogen-bond acceptors (Lipinski definition) is 16. The van der Waals surface area contributed by atoms with E-state index in [4.69, 9.17) is 0 Å². The second kappa shape index (κ2) is 38.1. The number of benzene rings is 4. The number of ether oxygens (including phenoxy) is 12. The van der Waals surface area contributed by atoms with E-state index in [2.05, 4.69) is 83.2 Å². The molecule has 0 aliphatic carbocycles. The maximum absolute atomic E-state index is 16.1. The highest BCUT2D eigenvalue weighted by Crippen LogP contribution is 2.59. The number of esters is 4. The highest BCUT2D eigenvalue weighted by molar-refractivity contribution is 5.82. The fourth-order valence-electron chi connectivity index (χ4n) is 8.63. The first-order valence-electron chi connectivity index (χ1n) is 31.8. The van der Waals surface area contributed by atoms with E-state index in [0.29, 0.717) is 0 Å². The maximum atomic E-state index is 16.1. The predicted molar refractivity (Wildman–Crippen MR) is 315 cm³/mol. The van der Waals surface area contributed by atoms with E-state index in [0.717, 1.165) is 0 Å². The Morgan fingerprint density at radius 3 is 0.372 bits per heavy atom. The normalized spacial score (nSPS) is 13.6. The van der Waals surface area contributed by atoms with Crippen molar-refractivity contribution in [1.82, 2.24) is 0 Å². The van der Waals surface area contributed by atoms with Crippen molar-refractivity contribution in [1.29, 1.82) is 0 Å². The average molecular weight is 1980 g/mol. The molecule has 0 amide bonds. The zero-order valence-corrected chi connectivity index (χ0v) is 60.8. The van der Waals surface area contributed by atoms with Gasteiger partial charge in [-0.1, -0.05) is 26.3 Å². The Hall–Kier alpha value is -11.2. The van der Waals surface area contributed by atoms with Crippen LogP contribution in [0.15, 0.2) is 50.6 Å². The summed E-state index contributed by atoms with van der Waals surface area (Å²) < 4.78 is 766. The number of rotatable bonds is 48. The number of halogens is 48. The fraction of sp³-hybridized carbons (Fsp3) is 0.446. The molecule has 0 heterocycles. The Kier molecular flexibility index (Phi) is 32.5. The van der Waals surface area contributed by atoms with Crippen molar-refractivity contribution in [2.75, 3.05) is 79.3 Å². The van der Waals surface area contributed by atoms with Gasteiger partial charge >= 0.3 is 119 Å². The lowest BCUT2D eigenvalue weighted by molar-refractivity contribution is -0.373. The van der Waals surface area contributed by atoms with Crippen LogP contribution in [0.25, 0.3) is 0 Å². The van der Waals surface area contributed by atoms with Crippen LogP contribution in [-0.4, -0.2) is 198 Å². The second-order valence-electron chi connectivity index (χ2n) is 24.9. The molecule has 0 radical (unpaired) electrons. The molecule has 728 valence electrons. The molecule has 4 aromatic carbocycles. The summed E-state index contributed by atoms with van der Waals surface area (Å²) >= 11 is 0. The van der Waals surface area contributed by atoms with Crippen molar-refractivity contribution >= 4 is 23.9 Å². The molecule has 0 saturated heterocycles. The molecule has 0 fully saturated rings. The molecule has 16 nitrogen and oxygen atoms in total. The van der Waals surface area contributed by atoms with Gasteiger partial charge in [0.1, 0.15) is 31.8 Å². The van der Waals surface area contributed by atoms with E-state index < -0.39 is 342 Å². The van der Waals surface area contributed by atoms with E-state index in [-0.39, 0.29) is 24.3 Å². The third kappa shape index (κ3) is 20.7. The average Bonchev–Trinajstić information content (AvgIpc) is 0.744. The SMILES string of the molecule is C=CC(=O)OCC(F)(F)C(F)(F)C(F)(F)C(F)(F)COc1c(F)c(F)c(OCC(COc2c(F)c(F)c(OCC(F)(F)C(F)(F)C(F)(F)C(F)(F)COC(=O)C=C)c(F)c2F)(COc2c(F)c(F)c(OCC(F)(F)C(F)(F)C(F)(F)C(F)(F)COC(=O)C=C)c(F)c2F)COc2c(F)c(F)c(OCC(F)(F)C(F)(F)C(F)(F)C(F)(F)COC(=O)C=C)c(F)c2F)c(F)c1F. The highest BCUT2D eigenvalue weighted by atomic mass is 19.4. The largest absolute Gasteiger partial charge is 0.486 e. The molecular weight excluding hydrogens is 1950 g/mol. The number of alkyl halides is 32. The van der Waals surface area contributed by atoms with Crippen molar-refractivity contribution in [3.63, 3.8) is 0 Å². The van der Waals surface area contributed by atoms with Crippen LogP contribution in [0.3, 0.4) is 0 Å². The number of hydrogen-bond donors (Lipinski definition) is 0. The lowest BCUT2D eigenvalue weighted by Gasteiger charge is -2.36. The van der Waals surface area contributed by atoms with Gasteiger partial charge in [-0.15, -0.1) is 0 Å². The summed E-state index contributed by atoms with van der Waals surface area (Å²) in [5, 5.41) is 0. The summed E-state index contributed by atoms with van der Waals surface area (Å²) in [5.41, 5.74) is -4.70. The van der Waals surface area contributed by atoms with Gasteiger partial charge in [0, 0.05) is 24.3 Å². The summed E-state index contributed by atoms with van der Waals surface area (Å²) in [4.78, 5) is 44.4. The van der Waals surface area contributed by atoms with Gasteiger partial charge < -0.3 is 56.8 Å². The first-order chi connectivity index (χ1) is 58.2. The molecule has 0 atom stereocenters. The Bertz CT molecular complexity index is 4170.